The van der Waals surface area contributed by atoms with Gasteiger partial charge < -0.3 is 5.43 Å². The van der Waals surface area contributed by atoms with E-state index < -0.39 is 0 Å². The highest BCUT2D eigenvalue weighted by Gasteiger charge is 2.04. The van der Waals surface area contributed by atoms with Crippen molar-refractivity contribution < 1.29 is 0 Å². The van der Waals surface area contributed by atoms with Gasteiger partial charge in [-0.25, -0.2) is 0 Å². The first kappa shape index (κ1) is 12.5. The summed E-state index contributed by atoms with van der Waals surface area (Å²) in [5.74, 6) is 5.59. The molecule has 3 rings (SSSR count). The Hall–Kier alpha value is -2.58. The quantitative estimate of drug-likeness (QED) is 0.544. The predicted octanol–water partition coefficient (Wildman–Crippen LogP) is 4.31. The van der Waals surface area contributed by atoms with Gasteiger partial charge in [0.1, 0.15) is 0 Å². The second-order valence-corrected chi connectivity index (χ2v) is 4.68. The summed E-state index contributed by atoms with van der Waals surface area (Å²) in [7, 11) is 0. The molecule has 0 saturated heterocycles. The third-order valence-corrected chi connectivity index (χ3v) is 3.31. The molecule has 0 heterocycles. The molecule has 0 aliphatic heterocycles. The first-order chi connectivity index (χ1) is 9.86. The van der Waals surface area contributed by atoms with Crippen molar-refractivity contribution in [1.82, 2.24) is 0 Å². The van der Waals surface area contributed by atoms with Crippen LogP contribution in [0.1, 0.15) is 0 Å². The lowest BCUT2D eigenvalue weighted by Crippen LogP contribution is -2.06. The molecule has 3 aromatic rings. The molecule has 20 heavy (non-hydrogen) atoms. The summed E-state index contributed by atoms with van der Waals surface area (Å²) in [5, 5.41) is 0. The molecule has 0 radical (unpaired) electrons. The van der Waals surface area contributed by atoms with Gasteiger partial charge in [0.2, 0.25) is 0 Å². The van der Waals surface area contributed by atoms with Gasteiger partial charge >= 0.3 is 0 Å². The standard InChI is InChI=1S/C18H16N2/c19-20-18-12-16(14-7-3-1-4-8-14)11-17(13-18)15-9-5-2-6-10-15/h1-13,20H,19H2. The number of anilines is 1. The van der Waals surface area contributed by atoms with Crippen molar-refractivity contribution in [1.29, 1.82) is 0 Å². The van der Waals surface area contributed by atoms with Crippen LogP contribution in [0.2, 0.25) is 0 Å². The number of hydrazine groups is 1. The minimum atomic E-state index is 0.908. The largest absolute Gasteiger partial charge is 0.324 e. The van der Waals surface area contributed by atoms with Crippen LogP contribution in [-0.2, 0) is 0 Å². The molecule has 0 fully saturated rings. The Labute approximate surface area is 118 Å². The van der Waals surface area contributed by atoms with Crippen molar-refractivity contribution in [2.24, 2.45) is 5.84 Å². The number of nitrogen functional groups attached to an aromatic ring is 1. The first-order valence-corrected chi connectivity index (χ1v) is 6.59. The molecule has 2 nitrogen and oxygen atoms in total. The molecule has 0 atom stereocenters. The van der Waals surface area contributed by atoms with E-state index in [2.05, 4.69) is 47.9 Å². The molecule has 0 saturated carbocycles. The maximum atomic E-state index is 5.59. The first-order valence-electron chi connectivity index (χ1n) is 6.59. The summed E-state index contributed by atoms with van der Waals surface area (Å²) in [4.78, 5) is 0. The summed E-state index contributed by atoms with van der Waals surface area (Å²) in [6.45, 7) is 0. The zero-order chi connectivity index (χ0) is 13.8. The average molecular weight is 260 g/mol. The summed E-state index contributed by atoms with van der Waals surface area (Å²) < 4.78 is 0. The highest BCUT2D eigenvalue weighted by atomic mass is 15.2. The van der Waals surface area contributed by atoms with Crippen LogP contribution >= 0.6 is 0 Å². The summed E-state index contributed by atoms with van der Waals surface area (Å²) in [5.41, 5.74) is 8.32. The van der Waals surface area contributed by atoms with Crippen LogP contribution in [0.5, 0.6) is 0 Å². The fourth-order valence-electron chi connectivity index (χ4n) is 2.31. The van der Waals surface area contributed by atoms with Crippen LogP contribution in [0.15, 0.2) is 78.9 Å². The second-order valence-electron chi connectivity index (χ2n) is 4.68. The lowest BCUT2D eigenvalue weighted by molar-refractivity contribution is 1.35. The highest BCUT2D eigenvalue weighted by Crippen LogP contribution is 2.29. The maximum absolute atomic E-state index is 5.59. The van der Waals surface area contributed by atoms with Crippen LogP contribution in [-0.4, -0.2) is 0 Å². The molecule has 0 spiro atoms. The Kier molecular flexibility index (Phi) is 3.48. The van der Waals surface area contributed by atoms with Crippen molar-refractivity contribution in [3.8, 4) is 22.3 Å². The van der Waals surface area contributed by atoms with Crippen LogP contribution in [0.4, 0.5) is 5.69 Å². The summed E-state index contributed by atoms with van der Waals surface area (Å²) in [6, 6.07) is 26.9. The zero-order valence-electron chi connectivity index (χ0n) is 11.1. The van der Waals surface area contributed by atoms with Gasteiger partial charge in [-0.1, -0.05) is 60.7 Å². The van der Waals surface area contributed by atoms with E-state index >= 15 is 0 Å². The van der Waals surface area contributed by atoms with Crippen LogP contribution < -0.4 is 11.3 Å². The van der Waals surface area contributed by atoms with Gasteiger partial charge in [-0.05, 0) is 40.5 Å². The van der Waals surface area contributed by atoms with Gasteiger partial charge in [-0.15, -0.1) is 0 Å². The fraction of sp³-hybridized carbons (Fsp3) is 0. The van der Waals surface area contributed by atoms with Crippen LogP contribution in [0.25, 0.3) is 22.3 Å². The zero-order valence-corrected chi connectivity index (χ0v) is 11.1. The van der Waals surface area contributed by atoms with Gasteiger partial charge in [0.15, 0.2) is 0 Å². The number of rotatable bonds is 3. The smallest absolute Gasteiger partial charge is 0.0497 e. The van der Waals surface area contributed by atoms with E-state index in [1.54, 1.807) is 0 Å². The monoisotopic (exact) mass is 260 g/mol. The normalized spacial score (nSPS) is 10.2. The summed E-state index contributed by atoms with van der Waals surface area (Å²) >= 11 is 0. The average Bonchev–Trinajstić information content (AvgIpc) is 2.56. The molecule has 0 bridgehead atoms. The van der Waals surface area contributed by atoms with Crippen molar-refractivity contribution in [3.05, 3.63) is 78.9 Å². The number of hydrogen-bond acceptors (Lipinski definition) is 2. The van der Waals surface area contributed by atoms with E-state index in [0.29, 0.717) is 0 Å². The molecule has 0 aliphatic carbocycles. The molecule has 0 aliphatic rings. The molecule has 0 amide bonds. The van der Waals surface area contributed by atoms with E-state index in [9.17, 15) is 0 Å². The molecular formula is C18H16N2. The Morgan fingerprint density at radius 3 is 1.40 bits per heavy atom. The Morgan fingerprint density at radius 2 is 1.00 bits per heavy atom. The fourth-order valence-corrected chi connectivity index (χ4v) is 2.31. The van der Waals surface area contributed by atoms with Gasteiger partial charge in [-0.2, -0.15) is 0 Å². The van der Waals surface area contributed by atoms with Gasteiger partial charge in [0.05, 0.1) is 0 Å². The van der Waals surface area contributed by atoms with Crippen molar-refractivity contribution in [2.45, 2.75) is 0 Å². The lowest BCUT2D eigenvalue weighted by atomic mass is 9.98. The number of nitrogens with two attached hydrogens (primary N) is 1. The predicted molar refractivity (Wildman–Crippen MR) is 85.1 cm³/mol. The third kappa shape index (κ3) is 2.56. The highest BCUT2D eigenvalue weighted by molar-refractivity contribution is 5.77. The van der Waals surface area contributed by atoms with Crippen molar-refractivity contribution in [2.75, 3.05) is 5.43 Å². The number of hydrogen-bond donors (Lipinski definition) is 2. The van der Waals surface area contributed by atoms with Gasteiger partial charge in [0.25, 0.3) is 0 Å². The summed E-state index contributed by atoms with van der Waals surface area (Å²) in [6.07, 6.45) is 0. The van der Waals surface area contributed by atoms with E-state index in [-0.39, 0.29) is 0 Å². The van der Waals surface area contributed by atoms with Crippen molar-refractivity contribution >= 4 is 5.69 Å². The van der Waals surface area contributed by atoms with Gasteiger partial charge in [-0.3, -0.25) is 5.84 Å². The Bertz CT molecular complexity index is 633. The molecule has 3 aromatic carbocycles. The lowest BCUT2D eigenvalue weighted by Gasteiger charge is -2.10. The number of benzene rings is 3. The molecular weight excluding hydrogens is 244 g/mol. The Balaban J connectivity index is 2.13. The van der Waals surface area contributed by atoms with Gasteiger partial charge in [0, 0.05) is 5.69 Å². The molecule has 0 unspecified atom stereocenters. The van der Waals surface area contributed by atoms with E-state index in [1.165, 1.54) is 11.1 Å². The Morgan fingerprint density at radius 1 is 0.550 bits per heavy atom. The second kappa shape index (κ2) is 5.59. The maximum Gasteiger partial charge on any atom is 0.0497 e. The minimum absolute atomic E-state index is 0.908. The SMILES string of the molecule is NNc1cc(-c2ccccc2)cc(-c2ccccc2)c1. The molecule has 98 valence electrons. The third-order valence-electron chi connectivity index (χ3n) is 3.31. The molecule has 0 aromatic heterocycles. The van der Waals surface area contributed by atoms with Crippen LogP contribution in [0.3, 0.4) is 0 Å². The van der Waals surface area contributed by atoms with E-state index in [4.69, 9.17) is 5.84 Å². The van der Waals surface area contributed by atoms with E-state index in [0.717, 1.165) is 16.8 Å². The topological polar surface area (TPSA) is 38.0 Å². The van der Waals surface area contributed by atoms with Crippen LogP contribution in [0, 0.1) is 0 Å². The minimum Gasteiger partial charge on any atom is -0.324 e. The van der Waals surface area contributed by atoms with Crippen molar-refractivity contribution in [3.63, 3.8) is 0 Å². The molecule has 2 heteroatoms. The number of nitrogens with one attached hydrogen (secondary N) is 1. The van der Waals surface area contributed by atoms with E-state index in [1.807, 2.05) is 36.4 Å². The molecule has 3 N–H and O–H groups in total.